The number of nitrogens with one attached hydrogen (secondary N) is 1. The number of anilines is 1. The largest absolute Gasteiger partial charge is 0.354 e. The minimum Gasteiger partial charge on any atom is -0.354 e. The Kier molecular flexibility index (Phi) is 4.82. The maximum atomic E-state index is 12.6. The van der Waals surface area contributed by atoms with E-state index in [1.165, 1.54) is 10.9 Å². The second-order valence-electron chi connectivity index (χ2n) is 6.69. The lowest BCUT2D eigenvalue weighted by atomic mass is 9.97. The van der Waals surface area contributed by atoms with Crippen LogP contribution in [0.15, 0.2) is 55.0 Å². The highest BCUT2D eigenvalue weighted by atomic mass is 16.1. The number of hydrogen-bond donors (Lipinski definition) is 1. The van der Waals surface area contributed by atoms with Crippen LogP contribution in [-0.4, -0.2) is 40.1 Å². The van der Waals surface area contributed by atoms with Crippen molar-refractivity contribution in [2.75, 3.05) is 24.5 Å². The van der Waals surface area contributed by atoms with E-state index in [1.807, 2.05) is 18.2 Å². The van der Waals surface area contributed by atoms with Crippen LogP contribution in [-0.2, 0) is 11.3 Å². The van der Waals surface area contributed by atoms with Gasteiger partial charge in [0.25, 0.3) is 0 Å². The van der Waals surface area contributed by atoms with Crippen LogP contribution in [0.4, 0.5) is 5.95 Å². The Balaban J connectivity index is 1.32. The predicted octanol–water partition coefficient (Wildman–Crippen LogP) is 2.46. The third-order valence-electron chi connectivity index (χ3n) is 4.96. The van der Waals surface area contributed by atoms with Gasteiger partial charge < -0.3 is 14.8 Å². The molecule has 1 aliphatic rings. The van der Waals surface area contributed by atoms with E-state index in [2.05, 4.69) is 49.1 Å². The van der Waals surface area contributed by atoms with Gasteiger partial charge in [-0.25, -0.2) is 9.97 Å². The van der Waals surface area contributed by atoms with E-state index in [1.54, 1.807) is 12.4 Å². The monoisotopic (exact) mass is 349 g/mol. The summed E-state index contributed by atoms with van der Waals surface area (Å²) in [6.45, 7) is 3.00. The zero-order valence-corrected chi connectivity index (χ0v) is 14.7. The molecule has 2 aromatic heterocycles. The molecule has 0 spiro atoms. The van der Waals surface area contributed by atoms with Crippen LogP contribution in [0.5, 0.6) is 0 Å². The third-order valence-corrected chi connectivity index (χ3v) is 4.96. The van der Waals surface area contributed by atoms with Crippen molar-refractivity contribution in [3.63, 3.8) is 0 Å². The van der Waals surface area contributed by atoms with Crippen molar-refractivity contribution in [1.29, 1.82) is 0 Å². The lowest BCUT2D eigenvalue weighted by molar-refractivity contribution is -0.125. The molecule has 3 heterocycles. The molecule has 26 heavy (non-hydrogen) atoms. The molecule has 0 saturated carbocycles. The normalized spacial score (nSPS) is 17.4. The van der Waals surface area contributed by atoms with E-state index in [9.17, 15) is 4.79 Å². The molecule has 1 saturated heterocycles. The molecule has 0 unspecified atom stereocenters. The number of fused-ring (bicyclic) bond motifs is 1. The zero-order valence-electron chi connectivity index (χ0n) is 14.7. The van der Waals surface area contributed by atoms with Gasteiger partial charge in [0, 0.05) is 50.3 Å². The Morgan fingerprint density at radius 3 is 2.88 bits per heavy atom. The summed E-state index contributed by atoms with van der Waals surface area (Å²) in [5.74, 6) is 0.833. The Morgan fingerprint density at radius 1 is 1.15 bits per heavy atom. The number of carbonyl (C=O) groups is 1. The van der Waals surface area contributed by atoms with Crippen LogP contribution >= 0.6 is 0 Å². The first-order chi connectivity index (χ1) is 12.8. The van der Waals surface area contributed by atoms with E-state index >= 15 is 0 Å². The summed E-state index contributed by atoms with van der Waals surface area (Å²) < 4.78 is 2.18. The molecule has 1 aromatic carbocycles. The first-order valence-corrected chi connectivity index (χ1v) is 9.15. The third kappa shape index (κ3) is 3.54. The summed E-state index contributed by atoms with van der Waals surface area (Å²) in [5, 5.41) is 4.33. The van der Waals surface area contributed by atoms with Crippen LogP contribution in [0.3, 0.4) is 0 Å². The van der Waals surface area contributed by atoms with Gasteiger partial charge in [-0.2, -0.15) is 0 Å². The van der Waals surface area contributed by atoms with Crippen molar-refractivity contribution in [3.05, 3.63) is 55.0 Å². The Hall–Kier alpha value is -2.89. The van der Waals surface area contributed by atoms with E-state index in [0.717, 1.165) is 25.9 Å². The summed E-state index contributed by atoms with van der Waals surface area (Å²) in [7, 11) is 0. The highest BCUT2D eigenvalue weighted by Gasteiger charge is 2.26. The maximum absolute atomic E-state index is 12.6. The quantitative estimate of drug-likeness (QED) is 0.769. The standard InChI is InChI=1S/C20H23N5O/c26-19(17-6-3-12-25(15-17)20-22-9-4-10-23-20)21-11-14-24-13-8-16-5-1-2-7-18(16)24/h1-2,4-5,7-10,13,17H,3,6,11-12,14-15H2,(H,21,26)/t17-/m0/s1. The van der Waals surface area contributed by atoms with Crippen LogP contribution in [0.1, 0.15) is 12.8 Å². The summed E-state index contributed by atoms with van der Waals surface area (Å²) in [5.41, 5.74) is 1.20. The number of amides is 1. The SMILES string of the molecule is O=C(NCCn1ccc2ccccc21)[C@H]1CCCN(c2ncccn2)C1. The fourth-order valence-electron chi connectivity index (χ4n) is 3.61. The van der Waals surface area contributed by atoms with E-state index in [0.29, 0.717) is 19.0 Å². The highest BCUT2D eigenvalue weighted by Crippen LogP contribution is 2.20. The molecule has 0 aliphatic carbocycles. The highest BCUT2D eigenvalue weighted by molar-refractivity contribution is 5.80. The van der Waals surface area contributed by atoms with E-state index in [-0.39, 0.29) is 11.8 Å². The molecular weight excluding hydrogens is 326 g/mol. The second kappa shape index (κ2) is 7.56. The van der Waals surface area contributed by atoms with Gasteiger partial charge in [-0.3, -0.25) is 4.79 Å². The first kappa shape index (κ1) is 16.6. The van der Waals surface area contributed by atoms with Gasteiger partial charge in [-0.05, 0) is 36.4 Å². The van der Waals surface area contributed by atoms with Crippen molar-refractivity contribution in [1.82, 2.24) is 19.9 Å². The number of para-hydroxylation sites is 1. The second-order valence-corrected chi connectivity index (χ2v) is 6.69. The predicted molar refractivity (Wildman–Crippen MR) is 102 cm³/mol. The van der Waals surface area contributed by atoms with Crippen molar-refractivity contribution >= 4 is 22.8 Å². The van der Waals surface area contributed by atoms with Crippen LogP contribution in [0.2, 0.25) is 0 Å². The lowest BCUT2D eigenvalue weighted by Gasteiger charge is -2.31. The van der Waals surface area contributed by atoms with E-state index < -0.39 is 0 Å². The minimum atomic E-state index is -0.00559. The number of carbonyl (C=O) groups excluding carboxylic acids is 1. The number of aromatic nitrogens is 3. The van der Waals surface area contributed by atoms with Crippen LogP contribution in [0, 0.1) is 5.92 Å². The number of piperidine rings is 1. The zero-order chi connectivity index (χ0) is 17.8. The van der Waals surface area contributed by atoms with Gasteiger partial charge in [-0.1, -0.05) is 18.2 Å². The summed E-state index contributed by atoms with van der Waals surface area (Å²) in [4.78, 5) is 23.3. The number of hydrogen-bond acceptors (Lipinski definition) is 4. The van der Waals surface area contributed by atoms with Gasteiger partial charge in [0.1, 0.15) is 0 Å². The van der Waals surface area contributed by atoms with Gasteiger partial charge in [0.2, 0.25) is 11.9 Å². The molecule has 6 heteroatoms. The van der Waals surface area contributed by atoms with Gasteiger partial charge in [-0.15, -0.1) is 0 Å². The van der Waals surface area contributed by atoms with Crippen LogP contribution < -0.4 is 10.2 Å². The van der Waals surface area contributed by atoms with Crippen molar-refractivity contribution in [2.45, 2.75) is 19.4 Å². The van der Waals surface area contributed by atoms with Crippen molar-refractivity contribution < 1.29 is 4.79 Å². The molecule has 0 radical (unpaired) electrons. The van der Waals surface area contributed by atoms with Gasteiger partial charge >= 0.3 is 0 Å². The molecule has 1 aliphatic heterocycles. The number of nitrogens with zero attached hydrogens (tertiary/aromatic N) is 4. The average Bonchev–Trinajstić information content (AvgIpc) is 3.12. The number of benzene rings is 1. The summed E-state index contributed by atoms with van der Waals surface area (Å²) in [6, 6.07) is 12.2. The maximum Gasteiger partial charge on any atom is 0.225 e. The first-order valence-electron chi connectivity index (χ1n) is 9.15. The lowest BCUT2D eigenvalue weighted by Crippen LogP contribution is -2.44. The molecule has 1 fully saturated rings. The molecular formula is C20H23N5O. The summed E-state index contributed by atoms with van der Waals surface area (Å²) >= 11 is 0. The Bertz CT molecular complexity index is 876. The molecule has 4 rings (SSSR count). The molecule has 3 aromatic rings. The molecule has 1 amide bonds. The summed E-state index contributed by atoms with van der Waals surface area (Å²) in [6.07, 6.45) is 7.47. The van der Waals surface area contributed by atoms with Crippen molar-refractivity contribution in [2.24, 2.45) is 5.92 Å². The van der Waals surface area contributed by atoms with Crippen LogP contribution in [0.25, 0.3) is 10.9 Å². The molecule has 1 N–H and O–H groups in total. The Morgan fingerprint density at radius 2 is 2.00 bits per heavy atom. The average molecular weight is 349 g/mol. The fourth-order valence-corrected chi connectivity index (χ4v) is 3.61. The molecule has 0 bridgehead atoms. The van der Waals surface area contributed by atoms with E-state index in [4.69, 9.17) is 0 Å². The fraction of sp³-hybridized carbons (Fsp3) is 0.350. The van der Waals surface area contributed by atoms with Gasteiger partial charge in [0.05, 0.1) is 5.92 Å². The molecule has 6 nitrogen and oxygen atoms in total. The Labute approximate surface area is 152 Å². The molecule has 134 valence electrons. The number of rotatable bonds is 5. The van der Waals surface area contributed by atoms with Gasteiger partial charge in [0.15, 0.2) is 0 Å². The van der Waals surface area contributed by atoms with Crippen molar-refractivity contribution in [3.8, 4) is 0 Å². The molecule has 1 atom stereocenters. The minimum absolute atomic E-state index is 0.00559. The smallest absolute Gasteiger partial charge is 0.225 e. The topological polar surface area (TPSA) is 63.1 Å².